The standard InChI is InChI=1S/C13H14BrN3O2/c1-16-8-9(7-15-16)10-3-2-6-17(10)13(18)11-4-5-12(14)19-11/h4-5,7-8,10H,2-3,6H2,1H3/t10-/m1/s1. The number of furan rings is 1. The van der Waals surface area contributed by atoms with Crippen molar-refractivity contribution in [3.05, 3.63) is 40.5 Å². The SMILES string of the molecule is Cn1cc([C@H]2CCCN2C(=O)c2ccc(Br)o2)cn1. The lowest BCUT2D eigenvalue weighted by Crippen LogP contribution is -2.30. The second-order valence-corrected chi connectivity index (χ2v) is 5.49. The van der Waals surface area contributed by atoms with Crippen molar-refractivity contribution < 1.29 is 9.21 Å². The summed E-state index contributed by atoms with van der Waals surface area (Å²) in [6.07, 6.45) is 5.77. The third-order valence-corrected chi connectivity index (χ3v) is 3.83. The average molecular weight is 324 g/mol. The van der Waals surface area contributed by atoms with Crippen LogP contribution in [0, 0.1) is 0 Å². The summed E-state index contributed by atoms with van der Waals surface area (Å²) in [6, 6.07) is 3.54. The van der Waals surface area contributed by atoms with E-state index >= 15 is 0 Å². The quantitative estimate of drug-likeness (QED) is 0.853. The number of amides is 1. The molecule has 1 aliphatic heterocycles. The molecule has 0 aliphatic carbocycles. The van der Waals surface area contributed by atoms with Crippen LogP contribution in [0.25, 0.3) is 0 Å². The lowest BCUT2D eigenvalue weighted by atomic mass is 10.1. The molecule has 1 amide bonds. The second kappa shape index (κ2) is 4.85. The van der Waals surface area contributed by atoms with Crippen molar-refractivity contribution in [1.29, 1.82) is 0 Å². The number of hydrogen-bond donors (Lipinski definition) is 0. The first kappa shape index (κ1) is 12.5. The lowest BCUT2D eigenvalue weighted by molar-refractivity contribution is 0.0702. The monoisotopic (exact) mass is 323 g/mol. The Morgan fingerprint density at radius 3 is 3.00 bits per heavy atom. The zero-order valence-corrected chi connectivity index (χ0v) is 12.1. The second-order valence-electron chi connectivity index (χ2n) is 4.71. The van der Waals surface area contributed by atoms with Gasteiger partial charge in [0.1, 0.15) is 0 Å². The molecule has 19 heavy (non-hydrogen) atoms. The van der Waals surface area contributed by atoms with E-state index < -0.39 is 0 Å². The van der Waals surface area contributed by atoms with Crippen molar-refractivity contribution >= 4 is 21.8 Å². The molecule has 1 atom stereocenters. The van der Waals surface area contributed by atoms with Gasteiger partial charge in [0.25, 0.3) is 5.91 Å². The molecule has 0 saturated carbocycles. The minimum absolute atomic E-state index is 0.0583. The van der Waals surface area contributed by atoms with Crippen molar-refractivity contribution in [2.75, 3.05) is 6.54 Å². The van der Waals surface area contributed by atoms with E-state index in [1.54, 1.807) is 16.8 Å². The van der Waals surface area contributed by atoms with E-state index in [4.69, 9.17) is 4.42 Å². The van der Waals surface area contributed by atoms with Crippen LogP contribution >= 0.6 is 15.9 Å². The summed E-state index contributed by atoms with van der Waals surface area (Å²) in [6.45, 7) is 0.761. The number of aromatic nitrogens is 2. The zero-order chi connectivity index (χ0) is 13.4. The van der Waals surface area contributed by atoms with Gasteiger partial charge in [0.05, 0.1) is 12.2 Å². The van der Waals surface area contributed by atoms with Crippen LogP contribution < -0.4 is 0 Å². The zero-order valence-electron chi connectivity index (χ0n) is 10.5. The van der Waals surface area contributed by atoms with Crippen molar-refractivity contribution in [3.8, 4) is 0 Å². The number of halogens is 1. The molecule has 0 aromatic carbocycles. The molecule has 100 valence electrons. The summed E-state index contributed by atoms with van der Waals surface area (Å²) in [4.78, 5) is 14.3. The highest BCUT2D eigenvalue weighted by Crippen LogP contribution is 2.33. The first-order valence-corrected chi connectivity index (χ1v) is 6.99. The van der Waals surface area contributed by atoms with Gasteiger partial charge in [0.2, 0.25) is 0 Å². The molecule has 0 bridgehead atoms. The number of nitrogens with zero attached hydrogens (tertiary/aromatic N) is 3. The van der Waals surface area contributed by atoms with E-state index in [-0.39, 0.29) is 11.9 Å². The molecular weight excluding hydrogens is 310 g/mol. The first-order chi connectivity index (χ1) is 9.15. The van der Waals surface area contributed by atoms with Gasteiger partial charge in [0, 0.05) is 25.4 Å². The van der Waals surface area contributed by atoms with Gasteiger partial charge < -0.3 is 9.32 Å². The fourth-order valence-electron chi connectivity index (χ4n) is 2.54. The van der Waals surface area contributed by atoms with E-state index in [1.165, 1.54) is 0 Å². The van der Waals surface area contributed by atoms with Gasteiger partial charge in [-0.25, -0.2) is 0 Å². The normalized spacial score (nSPS) is 19.1. The van der Waals surface area contributed by atoms with Gasteiger partial charge in [-0.3, -0.25) is 9.48 Å². The van der Waals surface area contributed by atoms with E-state index in [1.807, 2.05) is 24.3 Å². The predicted molar refractivity (Wildman–Crippen MR) is 72.6 cm³/mol. The molecule has 5 nitrogen and oxygen atoms in total. The average Bonchev–Trinajstić information content (AvgIpc) is 3.07. The lowest BCUT2D eigenvalue weighted by Gasteiger charge is -2.22. The van der Waals surface area contributed by atoms with Crippen molar-refractivity contribution in [3.63, 3.8) is 0 Å². The molecule has 1 fully saturated rings. The first-order valence-electron chi connectivity index (χ1n) is 6.20. The van der Waals surface area contributed by atoms with Crippen LogP contribution in [0.2, 0.25) is 0 Å². The van der Waals surface area contributed by atoms with Crippen LogP contribution in [0.4, 0.5) is 0 Å². The Morgan fingerprint density at radius 1 is 1.53 bits per heavy atom. The Bertz CT molecular complexity index is 605. The number of carbonyl (C=O) groups is 1. The highest BCUT2D eigenvalue weighted by atomic mass is 79.9. The highest BCUT2D eigenvalue weighted by molar-refractivity contribution is 9.10. The molecule has 3 rings (SSSR count). The number of hydrogen-bond acceptors (Lipinski definition) is 3. The third kappa shape index (κ3) is 2.32. The smallest absolute Gasteiger partial charge is 0.290 e. The molecule has 1 aliphatic rings. The van der Waals surface area contributed by atoms with Gasteiger partial charge >= 0.3 is 0 Å². The van der Waals surface area contributed by atoms with Crippen LogP contribution in [0.3, 0.4) is 0 Å². The minimum atomic E-state index is -0.0583. The molecule has 0 unspecified atom stereocenters. The fourth-order valence-corrected chi connectivity index (χ4v) is 2.85. The molecule has 6 heteroatoms. The number of aryl methyl sites for hydroxylation is 1. The molecule has 1 saturated heterocycles. The largest absolute Gasteiger partial charge is 0.444 e. The summed E-state index contributed by atoms with van der Waals surface area (Å²) in [5.41, 5.74) is 1.08. The fraction of sp³-hybridized carbons (Fsp3) is 0.385. The summed E-state index contributed by atoms with van der Waals surface area (Å²) in [7, 11) is 1.88. The van der Waals surface area contributed by atoms with Crippen LogP contribution in [0.5, 0.6) is 0 Å². The summed E-state index contributed by atoms with van der Waals surface area (Å²) >= 11 is 3.22. The maximum absolute atomic E-state index is 12.4. The predicted octanol–water partition coefficient (Wildman–Crippen LogP) is 2.75. The number of likely N-dealkylation sites (tertiary alicyclic amines) is 1. The van der Waals surface area contributed by atoms with Crippen molar-refractivity contribution in [2.45, 2.75) is 18.9 Å². The Hall–Kier alpha value is -1.56. The maximum Gasteiger partial charge on any atom is 0.290 e. The number of carbonyl (C=O) groups excluding carboxylic acids is 1. The van der Waals surface area contributed by atoms with Crippen LogP contribution in [-0.2, 0) is 7.05 Å². The van der Waals surface area contributed by atoms with Gasteiger partial charge in [0.15, 0.2) is 10.4 Å². The molecule has 2 aromatic rings. The number of rotatable bonds is 2. The summed E-state index contributed by atoms with van der Waals surface area (Å²) in [5, 5.41) is 4.18. The van der Waals surface area contributed by atoms with Gasteiger partial charge in [-0.15, -0.1) is 0 Å². The van der Waals surface area contributed by atoms with Crippen molar-refractivity contribution in [1.82, 2.24) is 14.7 Å². The molecule has 3 heterocycles. The molecule has 0 N–H and O–H groups in total. The van der Waals surface area contributed by atoms with Crippen LogP contribution in [0.15, 0.2) is 33.6 Å². The van der Waals surface area contributed by atoms with Gasteiger partial charge in [-0.1, -0.05) is 0 Å². The topological polar surface area (TPSA) is 51.3 Å². The Morgan fingerprint density at radius 2 is 2.37 bits per heavy atom. The van der Waals surface area contributed by atoms with Gasteiger partial charge in [-0.05, 0) is 40.9 Å². The molecule has 2 aromatic heterocycles. The Labute approximate surface area is 119 Å². The summed E-state index contributed by atoms with van der Waals surface area (Å²) in [5.74, 6) is 0.319. The van der Waals surface area contributed by atoms with Gasteiger partial charge in [-0.2, -0.15) is 5.10 Å². The molecule has 0 radical (unpaired) electrons. The van der Waals surface area contributed by atoms with Crippen LogP contribution in [0.1, 0.15) is 35.0 Å². The maximum atomic E-state index is 12.4. The molecular formula is C13H14BrN3O2. The summed E-state index contributed by atoms with van der Waals surface area (Å²) < 4.78 is 7.69. The van der Waals surface area contributed by atoms with Crippen molar-refractivity contribution in [2.24, 2.45) is 7.05 Å². The van der Waals surface area contributed by atoms with E-state index in [9.17, 15) is 4.79 Å². The Kier molecular flexibility index (Phi) is 3.18. The molecule has 0 spiro atoms. The van der Waals surface area contributed by atoms with E-state index in [0.717, 1.165) is 24.9 Å². The van der Waals surface area contributed by atoms with E-state index in [2.05, 4.69) is 21.0 Å². The Balaban J connectivity index is 1.85. The van der Waals surface area contributed by atoms with Crippen LogP contribution in [-0.4, -0.2) is 27.1 Å². The third-order valence-electron chi connectivity index (χ3n) is 3.41. The van der Waals surface area contributed by atoms with E-state index in [0.29, 0.717) is 10.4 Å². The highest BCUT2D eigenvalue weighted by Gasteiger charge is 2.32. The minimum Gasteiger partial charge on any atom is -0.444 e.